The highest BCUT2D eigenvalue weighted by Crippen LogP contribution is 2.33. The van der Waals surface area contributed by atoms with Crippen LogP contribution in [-0.2, 0) is 4.79 Å². The zero-order valence-electron chi connectivity index (χ0n) is 9.04. The fourth-order valence-electron chi connectivity index (χ4n) is 1.40. The molecule has 0 aliphatic rings. The van der Waals surface area contributed by atoms with E-state index in [9.17, 15) is 4.79 Å². The largest absolute Gasteiger partial charge is 0.423 e. The van der Waals surface area contributed by atoms with Crippen molar-refractivity contribution in [3.05, 3.63) is 33.0 Å². The molecular formula is C12H9ClINO2. The van der Waals surface area contributed by atoms with E-state index in [1.165, 1.54) is 6.20 Å². The Morgan fingerprint density at radius 3 is 3.00 bits per heavy atom. The molecule has 0 radical (unpaired) electrons. The third kappa shape index (κ3) is 2.52. The Kier molecular flexibility index (Phi) is 3.83. The number of ether oxygens (including phenoxy) is 1. The first-order valence-corrected chi connectivity index (χ1v) is 6.52. The summed E-state index contributed by atoms with van der Waals surface area (Å²) in [6.45, 7) is 1.73. The van der Waals surface area contributed by atoms with Crippen LogP contribution in [0.15, 0.2) is 24.4 Å². The van der Waals surface area contributed by atoms with Crippen molar-refractivity contribution < 1.29 is 9.53 Å². The molecule has 2 aromatic rings. The van der Waals surface area contributed by atoms with Crippen LogP contribution in [-0.4, -0.2) is 11.0 Å². The lowest BCUT2D eigenvalue weighted by molar-refractivity contribution is -0.134. The van der Waals surface area contributed by atoms with E-state index in [2.05, 4.69) is 27.6 Å². The van der Waals surface area contributed by atoms with Gasteiger partial charge >= 0.3 is 5.97 Å². The summed E-state index contributed by atoms with van der Waals surface area (Å²) in [5.74, 6) is -0.00769. The number of hydrogen-bond acceptors (Lipinski definition) is 3. The van der Waals surface area contributed by atoms with Crippen LogP contribution >= 0.6 is 34.2 Å². The summed E-state index contributed by atoms with van der Waals surface area (Å²) in [6, 6.07) is 5.70. The number of benzene rings is 1. The van der Waals surface area contributed by atoms with Crippen LogP contribution in [0.1, 0.15) is 13.3 Å². The minimum atomic E-state index is -0.321. The van der Waals surface area contributed by atoms with E-state index in [0.29, 0.717) is 17.2 Å². The number of halogens is 2. The average molecular weight is 362 g/mol. The lowest BCUT2D eigenvalue weighted by Gasteiger charge is -2.07. The Labute approximate surface area is 117 Å². The maximum Gasteiger partial charge on any atom is 0.311 e. The Hall–Kier alpha value is -0.880. The average Bonchev–Trinajstić information content (AvgIpc) is 2.33. The normalized spacial score (nSPS) is 10.5. The summed E-state index contributed by atoms with van der Waals surface area (Å²) < 4.78 is 6.12. The summed E-state index contributed by atoms with van der Waals surface area (Å²) in [5, 5.41) is 1.22. The first kappa shape index (κ1) is 12.6. The molecule has 0 N–H and O–H groups in total. The van der Waals surface area contributed by atoms with Crippen molar-refractivity contribution in [3.63, 3.8) is 0 Å². The van der Waals surface area contributed by atoms with Gasteiger partial charge < -0.3 is 4.74 Å². The van der Waals surface area contributed by atoms with Crippen LogP contribution in [0.2, 0.25) is 5.02 Å². The number of fused-ring (bicyclic) bond motifs is 1. The van der Waals surface area contributed by atoms with Crippen molar-refractivity contribution in [3.8, 4) is 5.75 Å². The zero-order valence-corrected chi connectivity index (χ0v) is 11.9. The minimum absolute atomic E-state index is 0.306. The van der Waals surface area contributed by atoms with Crippen molar-refractivity contribution in [2.75, 3.05) is 0 Å². The van der Waals surface area contributed by atoms with Gasteiger partial charge in [0.05, 0.1) is 16.7 Å². The van der Waals surface area contributed by atoms with Gasteiger partial charge in [-0.2, -0.15) is 0 Å². The fourth-order valence-corrected chi connectivity index (χ4v) is 2.28. The van der Waals surface area contributed by atoms with E-state index in [-0.39, 0.29) is 5.97 Å². The monoisotopic (exact) mass is 361 g/mol. The number of hydrogen-bond donors (Lipinski definition) is 0. The van der Waals surface area contributed by atoms with E-state index < -0.39 is 0 Å². The molecule has 5 heteroatoms. The Balaban J connectivity index is 2.54. The van der Waals surface area contributed by atoms with Crippen LogP contribution in [0.5, 0.6) is 5.75 Å². The summed E-state index contributed by atoms with van der Waals surface area (Å²) in [5.41, 5.74) is 0.814. The second-order valence-electron chi connectivity index (χ2n) is 3.40. The SMILES string of the molecule is CCC(=O)Oc1cnc2c(I)cccc2c1Cl. The first-order valence-electron chi connectivity index (χ1n) is 5.07. The molecule has 0 bridgehead atoms. The maximum absolute atomic E-state index is 11.2. The molecule has 0 unspecified atom stereocenters. The molecule has 17 heavy (non-hydrogen) atoms. The molecule has 0 saturated heterocycles. The quantitative estimate of drug-likeness (QED) is 0.603. The maximum atomic E-state index is 11.2. The molecule has 0 aliphatic heterocycles. The second kappa shape index (κ2) is 5.18. The Bertz CT molecular complexity index is 586. The molecule has 0 atom stereocenters. The smallest absolute Gasteiger partial charge is 0.311 e. The third-order valence-electron chi connectivity index (χ3n) is 2.26. The number of rotatable bonds is 2. The van der Waals surface area contributed by atoms with Gasteiger partial charge in [-0.1, -0.05) is 30.7 Å². The van der Waals surface area contributed by atoms with Gasteiger partial charge in [0.25, 0.3) is 0 Å². The van der Waals surface area contributed by atoms with Gasteiger partial charge in [0.1, 0.15) is 0 Å². The minimum Gasteiger partial charge on any atom is -0.423 e. The van der Waals surface area contributed by atoms with Crippen molar-refractivity contribution in [2.24, 2.45) is 0 Å². The Morgan fingerprint density at radius 1 is 1.53 bits per heavy atom. The van der Waals surface area contributed by atoms with Crippen LogP contribution in [0.4, 0.5) is 0 Å². The molecule has 2 rings (SSSR count). The van der Waals surface area contributed by atoms with Crippen LogP contribution in [0, 0.1) is 3.57 Å². The molecule has 0 aliphatic carbocycles. The topological polar surface area (TPSA) is 39.2 Å². The van der Waals surface area contributed by atoms with Crippen molar-refractivity contribution in [1.29, 1.82) is 0 Å². The number of aromatic nitrogens is 1. The number of carbonyl (C=O) groups is 1. The van der Waals surface area contributed by atoms with E-state index in [1.807, 2.05) is 18.2 Å². The summed E-state index contributed by atoms with van der Waals surface area (Å²) in [6.07, 6.45) is 1.79. The van der Waals surface area contributed by atoms with E-state index >= 15 is 0 Å². The second-order valence-corrected chi connectivity index (χ2v) is 4.94. The number of pyridine rings is 1. The molecule has 88 valence electrons. The molecule has 0 fully saturated rings. The molecule has 0 spiro atoms. The van der Waals surface area contributed by atoms with Gasteiger partial charge in [0, 0.05) is 15.4 Å². The summed E-state index contributed by atoms with van der Waals surface area (Å²) in [4.78, 5) is 15.5. The number of nitrogens with zero attached hydrogens (tertiary/aromatic N) is 1. The zero-order chi connectivity index (χ0) is 12.4. The van der Waals surface area contributed by atoms with Crippen LogP contribution < -0.4 is 4.74 Å². The van der Waals surface area contributed by atoms with Crippen LogP contribution in [0.25, 0.3) is 10.9 Å². The van der Waals surface area contributed by atoms with Gasteiger partial charge in [0.15, 0.2) is 5.75 Å². The number of esters is 1. The van der Waals surface area contributed by atoms with Gasteiger partial charge in [-0.3, -0.25) is 9.78 Å². The molecular weight excluding hydrogens is 352 g/mol. The van der Waals surface area contributed by atoms with Crippen molar-refractivity contribution in [1.82, 2.24) is 4.98 Å². The van der Waals surface area contributed by atoms with Crippen molar-refractivity contribution in [2.45, 2.75) is 13.3 Å². The fraction of sp³-hybridized carbons (Fsp3) is 0.167. The third-order valence-corrected chi connectivity index (χ3v) is 3.52. The summed E-state index contributed by atoms with van der Waals surface area (Å²) in [7, 11) is 0. The van der Waals surface area contributed by atoms with Gasteiger partial charge in [0.2, 0.25) is 0 Å². The van der Waals surface area contributed by atoms with Gasteiger partial charge in [-0.25, -0.2) is 0 Å². The predicted molar refractivity (Wildman–Crippen MR) is 75.4 cm³/mol. The molecule has 0 amide bonds. The predicted octanol–water partition coefficient (Wildman–Crippen LogP) is 3.81. The van der Waals surface area contributed by atoms with Gasteiger partial charge in [-0.15, -0.1) is 0 Å². The summed E-state index contributed by atoms with van der Waals surface area (Å²) >= 11 is 8.38. The standard InChI is InChI=1S/C12H9ClINO2/c1-2-10(16)17-9-6-15-12-7(11(9)13)4-3-5-8(12)14/h3-6H,2H2,1H3. The van der Waals surface area contributed by atoms with E-state index in [4.69, 9.17) is 16.3 Å². The highest BCUT2D eigenvalue weighted by Gasteiger charge is 2.12. The molecule has 1 aromatic heterocycles. The number of carbonyl (C=O) groups excluding carboxylic acids is 1. The first-order chi connectivity index (χ1) is 8.13. The molecule has 1 aromatic carbocycles. The highest BCUT2D eigenvalue weighted by molar-refractivity contribution is 14.1. The molecule has 0 saturated carbocycles. The van der Waals surface area contributed by atoms with Gasteiger partial charge in [-0.05, 0) is 28.7 Å². The number of para-hydroxylation sites is 1. The highest BCUT2D eigenvalue weighted by atomic mass is 127. The lowest BCUT2D eigenvalue weighted by Crippen LogP contribution is -2.06. The molecule has 1 heterocycles. The Morgan fingerprint density at radius 2 is 2.29 bits per heavy atom. The van der Waals surface area contributed by atoms with E-state index in [0.717, 1.165) is 14.5 Å². The van der Waals surface area contributed by atoms with Crippen LogP contribution in [0.3, 0.4) is 0 Å². The van der Waals surface area contributed by atoms with E-state index in [1.54, 1.807) is 6.92 Å². The van der Waals surface area contributed by atoms with Crippen molar-refractivity contribution >= 4 is 51.1 Å². The lowest BCUT2D eigenvalue weighted by atomic mass is 10.2. The molecule has 3 nitrogen and oxygen atoms in total.